The van der Waals surface area contributed by atoms with Crippen molar-refractivity contribution in [2.75, 3.05) is 0 Å². The fraction of sp³-hybridized carbons (Fsp3) is 0.300. The molecule has 1 aliphatic carbocycles. The molecule has 4 heteroatoms. The van der Waals surface area contributed by atoms with Crippen molar-refractivity contribution < 1.29 is 9.90 Å². The average molecular weight is 233 g/mol. The Hall–Kier alpha value is -0.730. The minimum atomic E-state index is -0.653. The minimum absolute atomic E-state index is 0.320. The molecule has 0 saturated carbocycles. The van der Waals surface area contributed by atoms with Gasteiger partial charge in [-0.05, 0) is 6.08 Å². The van der Waals surface area contributed by atoms with E-state index in [0.29, 0.717) is 27.5 Å². The first-order valence-corrected chi connectivity index (χ1v) is 4.78. The van der Waals surface area contributed by atoms with Crippen molar-refractivity contribution in [3.05, 3.63) is 33.5 Å². The molecule has 76 valence electrons. The fourth-order valence-corrected chi connectivity index (χ4v) is 2.28. The van der Waals surface area contributed by atoms with Crippen LogP contribution in [0.15, 0.2) is 33.5 Å². The van der Waals surface area contributed by atoms with Crippen LogP contribution in [0.4, 0.5) is 0 Å². The standard InChI is InChI=1S/C10H10Cl2O2/c1-10(2)6(4-13)8(11)3-9(12)7(10)5-14/h3-5,13H,1-2H3/b6-4+. The van der Waals surface area contributed by atoms with Gasteiger partial charge in [0.05, 0.1) is 6.26 Å². The summed E-state index contributed by atoms with van der Waals surface area (Å²) in [4.78, 5) is 10.8. The Morgan fingerprint density at radius 2 is 2.00 bits per heavy atom. The fourth-order valence-electron chi connectivity index (χ4n) is 1.44. The average Bonchev–Trinajstić information content (AvgIpc) is 2.02. The van der Waals surface area contributed by atoms with Crippen molar-refractivity contribution in [1.29, 1.82) is 0 Å². The van der Waals surface area contributed by atoms with Crippen molar-refractivity contribution in [2.24, 2.45) is 5.41 Å². The number of rotatable bonds is 1. The summed E-state index contributed by atoms with van der Waals surface area (Å²) in [6, 6.07) is 0. The lowest BCUT2D eigenvalue weighted by Gasteiger charge is -2.31. The van der Waals surface area contributed by atoms with E-state index in [0.717, 1.165) is 6.26 Å². The van der Waals surface area contributed by atoms with Crippen molar-refractivity contribution in [1.82, 2.24) is 0 Å². The van der Waals surface area contributed by atoms with Crippen LogP contribution < -0.4 is 0 Å². The SMILES string of the molecule is CC1(C)C(C=O)=C(Cl)C=C(Cl)/C1=C\O. The van der Waals surface area contributed by atoms with Gasteiger partial charge in [0.2, 0.25) is 0 Å². The van der Waals surface area contributed by atoms with Gasteiger partial charge in [-0.15, -0.1) is 0 Å². The maximum atomic E-state index is 10.8. The largest absolute Gasteiger partial charge is 0.515 e. The minimum Gasteiger partial charge on any atom is -0.515 e. The van der Waals surface area contributed by atoms with Gasteiger partial charge in [0.1, 0.15) is 6.29 Å². The molecule has 0 atom stereocenters. The molecule has 1 N–H and O–H groups in total. The lowest BCUT2D eigenvalue weighted by atomic mass is 9.75. The third-order valence-electron chi connectivity index (χ3n) is 2.36. The van der Waals surface area contributed by atoms with Crippen LogP contribution in [0.5, 0.6) is 0 Å². The smallest absolute Gasteiger partial charge is 0.148 e. The molecule has 0 radical (unpaired) electrons. The molecule has 1 aliphatic rings. The topological polar surface area (TPSA) is 37.3 Å². The molecule has 0 aromatic carbocycles. The van der Waals surface area contributed by atoms with E-state index >= 15 is 0 Å². The molecule has 0 aromatic heterocycles. The number of halogens is 2. The van der Waals surface area contributed by atoms with Gasteiger partial charge < -0.3 is 5.11 Å². The van der Waals surface area contributed by atoms with Crippen LogP contribution in [0.3, 0.4) is 0 Å². The van der Waals surface area contributed by atoms with Gasteiger partial charge in [0.15, 0.2) is 0 Å². The van der Waals surface area contributed by atoms with Gasteiger partial charge in [-0.3, -0.25) is 4.79 Å². The first-order chi connectivity index (χ1) is 6.45. The molecule has 0 spiro atoms. The summed E-state index contributed by atoms with van der Waals surface area (Å²) in [5, 5.41) is 9.70. The molecule has 0 bridgehead atoms. The molecule has 14 heavy (non-hydrogen) atoms. The van der Waals surface area contributed by atoms with E-state index in [1.54, 1.807) is 13.8 Å². The highest BCUT2D eigenvalue weighted by Gasteiger charge is 2.34. The zero-order chi connectivity index (χ0) is 10.9. The molecule has 0 heterocycles. The maximum absolute atomic E-state index is 10.8. The van der Waals surface area contributed by atoms with Crippen LogP contribution in [-0.4, -0.2) is 11.4 Å². The zero-order valence-electron chi connectivity index (χ0n) is 7.84. The summed E-state index contributed by atoms with van der Waals surface area (Å²) < 4.78 is 0. The van der Waals surface area contributed by atoms with Gasteiger partial charge in [0, 0.05) is 26.6 Å². The van der Waals surface area contributed by atoms with Crippen LogP contribution in [0.2, 0.25) is 0 Å². The van der Waals surface area contributed by atoms with Crippen LogP contribution in [0.1, 0.15) is 13.8 Å². The molecule has 0 amide bonds. The third-order valence-corrected chi connectivity index (χ3v) is 2.99. The lowest BCUT2D eigenvalue weighted by molar-refractivity contribution is -0.105. The highest BCUT2D eigenvalue weighted by molar-refractivity contribution is 6.37. The maximum Gasteiger partial charge on any atom is 0.148 e. The molecule has 0 aromatic rings. The van der Waals surface area contributed by atoms with E-state index < -0.39 is 5.41 Å². The third kappa shape index (κ3) is 1.60. The van der Waals surface area contributed by atoms with Crippen molar-refractivity contribution in [3.8, 4) is 0 Å². The van der Waals surface area contributed by atoms with E-state index in [2.05, 4.69) is 0 Å². The van der Waals surface area contributed by atoms with Crippen molar-refractivity contribution in [3.63, 3.8) is 0 Å². The summed E-state index contributed by atoms with van der Waals surface area (Å²) in [6.07, 6.45) is 3.05. The van der Waals surface area contributed by atoms with E-state index in [-0.39, 0.29) is 0 Å². The Kier molecular flexibility index (Phi) is 3.07. The van der Waals surface area contributed by atoms with Gasteiger partial charge in [0.25, 0.3) is 0 Å². The summed E-state index contributed by atoms with van der Waals surface area (Å²) in [6.45, 7) is 3.55. The predicted octanol–water partition coefficient (Wildman–Crippen LogP) is 3.28. The molecular formula is C10H10Cl2O2. The number of carbonyl (C=O) groups is 1. The van der Waals surface area contributed by atoms with Crippen molar-refractivity contribution >= 4 is 29.5 Å². The molecule has 0 fully saturated rings. The van der Waals surface area contributed by atoms with Crippen LogP contribution in [-0.2, 0) is 4.79 Å². The number of allylic oxidation sites excluding steroid dienone is 5. The Morgan fingerprint density at radius 3 is 2.43 bits per heavy atom. The number of aliphatic hydroxyl groups excluding tert-OH is 1. The van der Waals surface area contributed by atoms with E-state index in [9.17, 15) is 4.79 Å². The Bertz CT molecular complexity index is 362. The van der Waals surface area contributed by atoms with Gasteiger partial charge in [-0.2, -0.15) is 0 Å². The summed E-state index contributed by atoms with van der Waals surface area (Å²) in [7, 11) is 0. The molecule has 1 rings (SSSR count). The van der Waals surface area contributed by atoms with E-state index in [4.69, 9.17) is 28.3 Å². The highest BCUT2D eigenvalue weighted by Crippen LogP contribution is 2.45. The lowest BCUT2D eigenvalue weighted by Crippen LogP contribution is -2.23. The Morgan fingerprint density at radius 1 is 1.43 bits per heavy atom. The van der Waals surface area contributed by atoms with Crippen molar-refractivity contribution in [2.45, 2.75) is 13.8 Å². The summed E-state index contributed by atoms with van der Waals surface area (Å²) >= 11 is 11.7. The normalized spacial score (nSPS) is 23.7. The molecule has 0 saturated heterocycles. The first-order valence-electron chi connectivity index (χ1n) is 4.03. The second-order valence-electron chi connectivity index (χ2n) is 3.54. The summed E-state index contributed by atoms with van der Waals surface area (Å²) in [5.41, 5.74) is 0.258. The quantitative estimate of drug-likeness (QED) is 0.557. The van der Waals surface area contributed by atoms with Crippen LogP contribution in [0, 0.1) is 5.41 Å². The Balaban J connectivity index is 3.42. The van der Waals surface area contributed by atoms with Gasteiger partial charge >= 0.3 is 0 Å². The second-order valence-corrected chi connectivity index (χ2v) is 4.35. The molecular weight excluding hydrogens is 223 g/mol. The van der Waals surface area contributed by atoms with E-state index in [1.807, 2.05) is 0 Å². The first kappa shape index (κ1) is 11.3. The Labute approximate surface area is 92.5 Å². The second kappa shape index (κ2) is 3.79. The zero-order valence-corrected chi connectivity index (χ0v) is 9.36. The summed E-state index contributed by atoms with van der Waals surface area (Å²) in [5.74, 6) is 0. The number of aldehydes is 1. The highest BCUT2D eigenvalue weighted by atomic mass is 35.5. The number of hydrogen-bond acceptors (Lipinski definition) is 2. The van der Waals surface area contributed by atoms with Crippen LogP contribution >= 0.6 is 23.2 Å². The predicted molar refractivity (Wildman–Crippen MR) is 57.4 cm³/mol. The number of hydrogen-bond donors (Lipinski definition) is 1. The monoisotopic (exact) mass is 232 g/mol. The number of aliphatic hydroxyl groups is 1. The molecule has 2 nitrogen and oxygen atoms in total. The van der Waals surface area contributed by atoms with Gasteiger partial charge in [-0.25, -0.2) is 0 Å². The molecule has 0 unspecified atom stereocenters. The van der Waals surface area contributed by atoms with Gasteiger partial charge in [-0.1, -0.05) is 37.0 Å². The van der Waals surface area contributed by atoms with E-state index in [1.165, 1.54) is 6.08 Å². The molecule has 0 aliphatic heterocycles. The van der Waals surface area contributed by atoms with Crippen LogP contribution in [0.25, 0.3) is 0 Å². The number of carbonyl (C=O) groups excluding carboxylic acids is 1.